The van der Waals surface area contributed by atoms with Crippen molar-refractivity contribution < 1.29 is 13.2 Å². The fourth-order valence-corrected chi connectivity index (χ4v) is 1.88. The van der Waals surface area contributed by atoms with Gasteiger partial charge in [0.05, 0.1) is 11.3 Å². The first-order valence-electron chi connectivity index (χ1n) is 6.29. The number of halogens is 3. The van der Waals surface area contributed by atoms with Crippen LogP contribution < -0.4 is 5.32 Å². The third-order valence-corrected chi connectivity index (χ3v) is 3.16. The van der Waals surface area contributed by atoms with Crippen molar-refractivity contribution in [3.05, 3.63) is 41.6 Å². The summed E-state index contributed by atoms with van der Waals surface area (Å²) in [7, 11) is 1.87. The lowest BCUT2D eigenvalue weighted by Crippen LogP contribution is -2.23. The fraction of sp³-hybridized carbons (Fsp3) is 0.357. The van der Waals surface area contributed by atoms with Crippen LogP contribution in [-0.2, 0) is 12.6 Å². The van der Waals surface area contributed by atoms with Gasteiger partial charge in [-0.25, -0.2) is 0 Å². The maximum absolute atomic E-state index is 12.5. The molecular weight excluding hydrogens is 267 g/mol. The molecule has 0 aliphatic heterocycles. The van der Waals surface area contributed by atoms with Crippen LogP contribution in [0.5, 0.6) is 0 Å². The molecular formula is C14H16F3N3. The Kier molecular flexibility index (Phi) is 4.13. The highest BCUT2D eigenvalue weighted by Gasteiger charge is 2.30. The second-order valence-electron chi connectivity index (χ2n) is 4.75. The van der Waals surface area contributed by atoms with E-state index in [0.717, 1.165) is 24.2 Å². The fourth-order valence-electron chi connectivity index (χ4n) is 1.88. The van der Waals surface area contributed by atoms with E-state index >= 15 is 0 Å². The maximum Gasteiger partial charge on any atom is 0.416 e. The summed E-state index contributed by atoms with van der Waals surface area (Å²) in [6.07, 6.45) is -3.53. The summed E-state index contributed by atoms with van der Waals surface area (Å²) >= 11 is 0. The second kappa shape index (κ2) is 5.66. The lowest BCUT2D eigenvalue weighted by molar-refractivity contribution is -0.137. The SMILES string of the molecule is CNC(C)Cc1cc(-c2ccc(C(F)(F)F)cc2)n[nH]1. The monoisotopic (exact) mass is 283 g/mol. The van der Waals surface area contributed by atoms with Gasteiger partial charge in [0.2, 0.25) is 0 Å². The summed E-state index contributed by atoms with van der Waals surface area (Å²) in [4.78, 5) is 0. The number of hydrogen-bond donors (Lipinski definition) is 2. The molecule has 0 saturated carbocycles. The second-order valence-corrected chi connectivity index (χ2v) is 4.75. The van der Waals surface area contributed by atoms with Crippen LogP contribution in [0.1, 0.15) is 18.2 Å². The van der Waals surface area contributed by atoms with Crippen LogP contribution in [0.15, 0.2) is 30.3 Å². The van der Waals surface area contributed by atoms with Crippen molar-refractivity contribution in [3.63, 3.8) is 0 Å². The van der Waals surface area contributed by atoms with Crippen LogP contribution in [-0.4, -0.2) is 23.3 Å². The highest BCUT2D eigenvalue weighted by molar-refractivity contribution is 5.59. The standard InChI is InChI=1S/C14H16F3N3/c1-9(18-2)7-12-8-13(20-19-12)10-3-5-11(6-4-10)14(15,16)17/h3-6,8-9,18H,7H2,1-2H3,(H,19,20). The van der Waals surface area contributed by atoms with E-state index in [-0.39, 0.29) is 0 Å². The number of likely N-dealkylation sites (N-methyl/N-ethyl adjacent to an activating group) is 1. The van der Waals surface area contributed by atoms with E-state index in [1.807, 2.05) is 20.0 Å². The molecule has 2 rings (SSSR count). The van der Waals surface area contributed by atoms with Crippen molar-refractivity contribution in [3.8, 4) is 11.3 Å². The molecule has 1 unspecified atom stereocenters. The Morgan fingerprint density at radius 1 is 1.25 bits per heavy atom. The molecule has 0 radical (unpaired) electrons. The Morgan fingerprint density at radius 2 is 1.90 bits per heavy atom. The molecule has 0 aliphatic carbocycles. The molecule has 0 bridgehead atoms. The first-order valence-corrected chi connectivity index (χ1v) is 6.29. The highest BCUT2D eigenvalue weighted by Crippen LogP contribution is 2.30. The van der Waals surface area contributed by atoms with Gasteiger partial charge in [-0.2, -0.15) is 18.3 Å². The highest BCUT2D eigenvalue weighted by atomic mass is 19.4. The van der Waals surface area contributed by atoms with E-state index in [0.29, 0.717) is 17.3 Å². The van der Waals surface area contributed by atoms with Crippen molar-refractivity contribution in [2.45, 2.75) is 25.6 Å². The topological polar surface area (TPSA) is 40.7 Å². The number of rotatable bonds is 4. The number of nitrogens with one attached hydrogen (secondary N) is 2. The van der Waals surface area contributed by atoms with Crippen LogP contribution in [0.2, 0.25) is 0 Å². The molecule has 2 N–H and O–H groups in total. The average molecular weight is 283 g/mol. The van der Waals surface area contributed by atoms with Crippen LogP contribution in [0.3, 0.4) is 0 Å². The van der Waals surface area contributed by atoms with Crippen LogP contribution in [0, 0.1) is 0 Å². The molecule has 0 fully saturated rings. The zero-order valence-corrected chi connectivity index (χ0v) is 11.3. The molecule has 0 saturated heterocycles. The molecule has 1 atom stereocenters. The first-order chi connectivity index (χ1) is 9.40. The summed E-state index contributed by atoms with van der Waals surface area (Å²) in [6, 6.07) is 7.17. The van der Waals surface area contributed by atoms with Gasteiger partial charge in [-0.3, -0.25) is 5.10 Å². The number of H-pyrrole nitrogens is 1. The molecule has 1 aromatic heterocycles. The first kappa shape index (κ1) is 14.6. The number of benzene rings is 1. The van der Waals surface area contributed by atoms with Gasteiger partial charge < -0.3 is 5.32 Å². The smallest absolute Gasteiger partial charge is 0.317 e. The van der Waals surface area contributed by atoms with Gasteiger partial charge in [0.25, 0.3) is 0 Å². The quantitative estimate of drug-likeness (QED) is 0.904. The van der Waals surface area contributed by atoms with E-state index in [4.69, 9.17) is 0 Å². The number of nitrogens with zero attached hydrogens (tertiary/aromatic N) is 1. The predicted molar refractivity (Wildman–Crippen MR) is 71.3 cm³/mol. The Morgan fingerprint density at radius 3 is 2.45 bits per heavy atom. The van der Waals surface area contributed by atoms with Crippen LogP contribution in [0.4, 0.5) is 13.2 Å². The van der Waals surface area contributed by atoms with Crippen molar-refractivity contribution in [1.29, 1.82) is 0 Å². The van der Waals surface area contributed by atoms with Gasteiger partial charge >= 0.3 is 6.18 Å². The summed E-state index contributed by atoms with van der Waals surface area (Å²) in [6.45, 7) is 2.04. The van der Waals surface area contributed by atoms with Gasteiger partial charge in [0.15, 0.2) is 0 Å². The van der Waals surface area contributed by atoms with Crippen molar-refractivity contribution >= 4 is 0 Å². The van der Waals surface area contributed by atoms with Crippen LogP contribution >= 0.6 is 0 Å². The van der Waals surface area contributed by atoms with Gasteiger partial charge in [-0.15, -0.1) is 0 Å². The Hall–Kier alpha value is -1.82. The summed E-state index contributed by atoms with van der Waals surface area (Å²) in [5, 5.41) is 10.1. The lowest BCUT2D eigenvalue weighted by Gasteiger charge is -2.07. The third-order valence-electron chi connectivity index (χ3n) is 3.16. The third kappa shape index (κ3) is 3.39. The number of aromatic amines is 1. The van der Waals surface area contributed by atoms with E-state index < -0.39 is 11.7 Å². The van der Waals surface area contributed by atoms with Gasteiger partial charge in [0.1, 0.15) is 0 Å². The number of hydrogen-bond acceptors (Lipinski definition) is 2. The summed E-state index contributed by atoms with van der Waals surface area (Å²) in [5.41, 5.74) is 1.61. The molecule has 3 nitrogen and oxygen atoms in total. The zero-order chi connectivity index (χ0) is 14.8. The number of aromatic nitrogens is 2. The minimum atomic E-state index is -4.31. The van der Waals surface area contributed by atoms with Crippen molar-refractivity contribution in [1.82, 2.24) is 15.5 Å². The molecule has 1 aromatic carbocycles. The largest absolute Gasteiger partial charge is 0.416 e. The van der Waals surface area contributed by atoms with Crippen molar-refractivity contribution in [2.75, 3.05) is 7.05 Å². The normalized spacial score (nSPS) is 13.4. The summed E-state index contributed by atoms with van der Waals surface area (Å²) < 4.78 is 37.4. The van der Waals surface area contributed by atoms with E-state index in [2.05, 4.69) is 15.5 Å². The summed E-state index contributed by atoms with van der Waals surface area (Å²) in [5.74, 6) is 0. The predicted octanol–water partition coefficient (Wildman–Crippen LogP) is 3.25. The van der Waals surface area contributed by atoms with E-state index in [9.17, 15) is 13.2 Å². The lowest BCUT2D eigenvalue weighted by atomic mass is 10.1. The molecule has 6 heteroatoms. The molecule has 20 heavy (non-hydrogen) atoms. The molecule has 0 amide bonds. The van der Waals surface area contributed by atoms with Gasteiger partial charge in [-0.1, -0.05) is 12.1 Å². The van der Waals surface area contributed by atoms with E-state index in [1.165, 1.54) is 12.1 Å². The van der Waals surface area contributed by atoms with E-state index in [1.54, 1.807) is 0 Å². The minimum absolute atomic E-state index is 0.302. The molecule has 0 aliphatic rings. The van der Waals surface area contributed by atoms with Gasteiger partial charge in [0, 0.05) is 23.7 Å². The molecule has 1 heterocycles. The number of alkyl halides is 3. The minimum Gasteiger partial charge on any atom is -0.317 e. The Balaban J connectivity index is 2.16. The zero-order valence-electron chi connectivity index (χ0n) is 11.3. The Labute approximate surface area is 115 Å². The Bertz CT molecular complexity index is 558. The maximum atomic E-state index is 12.5. The molecule has 108 valence electrons. The average Bonchev–Trinajstić information content (AvgIpc) is 2.86. The molecule has 0 spiro atoms. The van der Waals surface area contributed by atoms with Gasteiger partial charge in [-0.05, 0) is 32.2 Å². The van der Waals surface area contributed by atoms with Crippen molar-refractivity contribution in [2.24, 2.45) is 0 Å². The van der Waals surface area contributed by atoms with Crippen LogP contribution in [0.25, 0.3) is 11.3 Å². The molecule has 2 aromatic rings.